The van der Waals surface area contributed by atoms with Crippen molar-refractivity contribution >= 4 is 9.47 Å². The second-order valence-electron chi connectivity index (χ2n) is 5.98. The monoisotopic (exact) mass is 347 g/mol. The molecule has 0 saturated heterocycles. The molecular weight excluding hydrogens is 305 g/mol. The number of rotatable bonds is 16. The van der Waals surface area contributed by atoms with E-state index in [2.05, 4.69) is 28.2 Å². The minimum Gasteiger partial charge on any atom is -0.389 e. The van der Waals surface area contributed by atoms with Crippen LogP contribution in [0, 0.1) is 0 Å². The lowest BCUT2D eigenvalue weighted by molar-refractivity contribution is 0.186. The van der Waals surface area contributed by atoms with Gasteiger partial charge in [0.2, 0.25) is 0 Å². The molecule has 2 unspecified atom stereocenters. The number of nitrogens with two attached hydrogens (primary N) is 1. The van der Waals surface area contributed by atoms with Gasteiger partial charge in [0.15, 0.2) is 0 Å². The van der Waals surface area contributed by atoms with E-state index < -0.39 is 0 Å². The van der Waals surface area contributed by atoms with Crippen LogP contribution in [0.2, 0.25) is 0 Å². The van der Waals surface area contributed by atoms with Crippen LogP contribution >= 0.6 is 9.47 Å². The average Bonchev–Trinajstić information content (AvgIpc) is 2.59. The maximum absolute atomic E-state index is 9.58. The van der Waals surface area contributed by atoms with Crippen LogP contribution in [0.4, 0.5) is 0 Å². The Hall–Kier alpha value is 0.0500. The van der Waals surface area contributed by atoms with Crippen LogP contribution in [0.25, 0.3) is 0 Å². The summed E-state index contributed by atoms with van der Waals surface area (Å²) < 4.78 is 4.85. The van der Waals surface area contributed by atoms with E-state index in [1.165, 1.54) is 77.7 Å². The van der Waals surface area contributed by atoms with Crippen LogP contribution in [0.3, 0.4) is 0 Å². The van der Waals surface area contributed by atoms with E-state index in [9.17, 15) is 5.11 Å². The van der Waals surface area contributed by atoms with Gasteiger partial charge in [-0.2, -0.15) is 0 Å². The van der Waals surface area contributed by atoms with E-state index >= 15 is 0 Å². The molecule has 23 heavy (non-hydrogen) atoms. The van der Waals surface area contributed by atoms with E-state index in [1.807, 2.05) is 6.08 Å². The molecule has 4 heteroatoms. The van der Waals surface area contributed by atoms with E-state index in [4.69, 9.17) is 4.52 Å². The zero-order chi connectivity index (χ0) is 17.6. The highest BCUT2D eigenvalue weighted by atomic mass is 31.0. The number of aliphatic hydroxyl groups is 1. The molecule has 0 heterocycles. The fourth-order valence-corrected chi connectivity index (χ4v) is 2.60. The Balaban J connectivity index is 0. The fourth-order valence-electron chi connectivity index (χ4n) is 2.46. The van der Waals surface area contributed by atoms with Gasteiger partial charge in [-0.25, -0.2) is 0 Å². The minimum absolute atomic E-state index is 0.349. The van der Waals surface area contributed by atoms with Crippen LogP contribution in [-0.4, -0.2) is 24.9 Å². The predicted octanol–water partition coefficient (Wildman–Crippen LogP) is 5.38. The van der Waals surface area contributed by atoms with E-state index in [0.717, 1.165) is 6.42 Å². The normalized spacial score (nSPS) is 12.2. The Kier molecular flexibility index (Phi) is 26.7. The first kappa shape index (κ1) is 25.3. The van der Waals surface area contributed by atoms with Crippen LogP contribution in [0.1, 0.15) is 90.4 Å². The summed E-state index contributed by atoms with van der Waals surface area (Å²) in [7, 11) is 3.71. The van der Waals surface area contributed by atoms with Crippen LogP contribution in [0.15, 0.2) is 12.2 Å². The Morgan fingerprint density at radius 1 is 0.913 bits per heavy atom. The molecule has 0 rings (SSSR count). The third-order valence-corrected chi connectivity index (χ3v) is 4.10. The van der Waals surface area contributed by atoms with E-state index in [0.29, 0.717) is 13.0 Å². The van der Waals surface area contributed by atoms with Crippen LogP contribution < -0.4 is 5.73 Å². The zero-order valence-electron chi connectivity index (χ0n) is 15.6. The topological polar surface area (TPSA) is 55.5 Å². The van der Waals surface area contributed by atoms with Crippen LogP contribution in [0.5, 0.6) is 0 Å². The molecule has 0 aliphatic heterocycles. The lowest BCUT2D eigenvalue weighted by Gasteiger charge is -2.04. The standard InChI is InChI=1S/C18H37O2P.CH5N/c1-2-3-4-5-6-7-8-9-10-11-12-13-14-15-18(19)16-17-20-21;1-2/h14-15,18-19H,2-13,16-17,21H2,1H3;2H2,1H3/b15-14+;. The Morgan fingerprint density at radius 3 is 1.87 bits per heavy atom. The maximum atomic E-state index is 9.58. The first-order chi connectivity index (χ1) is 11.3. The third-order valence-electron chi connectivity index (χ3n) is 3.86. The second-order valence-corrected chi connectivity index (χ2v) is 6.31. The SMILES string of the molecule is CCCCCCCCCCCCC/C=C/C(O)CCOP.CN. The summed E-state index contributed by atoms with van der Waals surface area (Å²) in [5.41, 5.74) is 4.50. The van der Waals surface area contributed by atoms with Crippen molar-refractivity contribution in [3.05, 3.63) is 12.2 Å². The van der Waals surface area contributed by atoms with Crippen molar-refractivity contribution in [1.82, 2.24) is 0 Å². The van der Waals surface area contributed by atoms with Gasteiger partial charge in [-0.05, 0) is 19.9 Å². The molecule has 0 aromatic rings. The van der Waals surface area contributed by atoms with Gasteiger partial charge in [0.25, 0.3) is 0 Å². The highest BCUT2D eigenvalue weighted by Crippen LogP contribution is 2.12. The van der Waals surface area contributed by atoms with Gasteiger partial charge in [0.05, 0.1) is 12.7 Å². The number of unbranched alkanes of at least 4 members (excludes halogenated alkanes) is 11. The van der Waals surface area contributed by atoms with Crippen LogP contribution in [-0.2, 0) is 4.52 Å². The lowest BCUT2D eigenvalue weighted by atomic mass is 10.1. The molecule has 0 aromatic carbocycles. The maximum Gasteiger partial charge on any atom is 0.0743 e. The molecule has 0 saturated carbocycles. The Bertz CT molecular complexity index is 225. The van der Waals surface area contributed by atoms with Gasteiger partial charge >= 0.3 is 0 Å². The molecule has 3 N–H and O–H groups in total. The summed E-state index contributed by atoms with van der Waals surface area (Å²) >= 11 is 0. The van der Waals surface area contributed by atoms with Gasteiger partial charge in [-0.1, -0.05) is 83.3 Å². The first-order valence-corrected chi connectivity index (χ1v) is 10.0. The summed E-state index contributed by atoms with van der Waals surface area (Å²) in [5, 5.41) is 9.58. The molecule has 0 aliphatic carbocycles. The molecule has 3 nitrogen and oxygen atoms in total. The van der Waals surface area contributed by atoms with Crippen molar-refractivity contribution in [3.63, 3.8) is 0 Å². The van der Waals surface area contributed by atoms with Crippen molar-refractivity contribution in [3.8, 4) is 0 Å². The average molecular weight is 348 g/mol. The van der Waals surface area contributed by atoms with Gasteiger partial charge < -0.3 is 15.4 Å². The third kappa shape index (κ3) is 24.4. The zero-order valence-corrected chi connectivity index (χ0v) is 16.8. The summed E-state index contributed by atoms with van der Waals surface area (Å²) in [5.74, 6) is 0. The lowest BCUT2D eigenvalue weighted by Crippen LogP contribution is -2.04. The summed E-state index contributed by atoms with van der Waals surface area (Å²) in [4.78, 5) is 0. The molecule has 2 atom stereocenters. The molecule has 0 bridgehead atoms. The van der Waals surface area contributed by atoms with Gasteiger partial charge in [0.1, 0.15) is 0 Å². The summed E-state index contributed by atoms with van der Waals surface area (Å²) in [6.45, 7) is 2.86. The first-order valence-electron chi connectivity index (χ1n) is 9.55. The predicted molar refractivity (Wildman–Crippen MR) is 107 cm³/mol. The summed E-state index contributed by atoms with van der Waals surface area (Å²) in [6.07, 6.45) is 20.7. The number of allylic oxidation sites excluding steroid dienone is 1. The molecule has 0 aliphatic rings. The van der Waals surface area contributed by atoms with Crippen molar-refractivity contribution < 1.29 is 9.63 Å². The summed E-state index contributed by atoms with van der Waals surface area (Å²) in [6, 6.07) is 0. The second kappa shape index (κ2) is 24.3. The highest BCUT2D eigenvalue weighted by molar-refractivity contribution is 7.09. The number of aliphatic hydroxyl groups excluding tert-OH is 1. The number of hydrogen-bond donors (Lipinski definition) is 2. The van der Waals surface area contributed by atoms with Crippen molar-refractivity contribution in [2.45, 2.75) is 96.5 Å². The Labute approximate surface area is 147 Å². The largest absolute Gasteiger partial charge is 0.389 e. The van der Waals surface area contributed by atoms with Crippen molar-refractivity contribution in [1.29, 1.82) is 0 Å². The van der Waals surface area contributed by atoms with E-state index in [1.54, 1.807) is 0 Å². The highest BCUT2D eigenvalue weighted by Gasteiger charge is 1.97. The van der Waals surface area contributed by atoms with Crippen molar-refractivity contribution in [2.75, 3.05) is 13.7 Å². The smallest absolute Gasteiger partial charge is 0.0743 e. The molecule has 0 radical (unpaired) electrons. The number of hydrogen-bond acceptors (Lipinski definition) is 3. The molecule has 140 valence electrons. The van der Waals surface area contributed by atoms with E-state index in [-0.39, 0.29) is 6.10 Å². The van der Waals surface area contributed by atoms with Gasteiger partial charge in [-0.3, -0.25) is 0 Å². The minimum atomic E-state index is -0.349. The molecule has 0 aromatic heterocycles. The molecule has 0 fully saturated rings. The molecular formula is C19H42NO2P. The Morgan fingerprint density at radius 2 is 1.39 bits per heavy atom. The fraction of sp³-hybridized carbons (Fsp3) is 0.895. The van der Waals surface area contributed by atoms with Crippen molar-refractivity contribution in [2.24, 2.45) is 5.73 Å². The van der Waals surface area contributed by atoms with Gasteiger partial charge in [0, 0.05) is 15.9 Å². The quantitative estimate of drug-likeness (QED) is 0.224. The van der Waals surface area contributed by atoms with Gasteiger partial charge in [-0.15, -0.1) is 0 Å². The molecule has 0 spiro atoms. The molecule has 0 amide bonds.